The molecule has 0 unspecified atom stereocenters. The summed E-state index contributed by atoms with van der Waals surface area (Å²) in [6, 6.07) is 12.3. The Morgan fingerprint density at radius 3 is 2.28 bits per heavy atom. The number of Topliss-reactive ketones (excluding diaryl/α,β-unsaturated/α-hetero) is 1. The van der Waals surface area contributed by atoms with Crippen LogP contribution in [0.15, 0.2) is 42.0 Å². The summed E-state index contributed by atoms with van der Waals surface area (Å²) in [7, 11) is 0. The topological polar surface area (TPSA) is 94.5 Å². The molecule has 0 radical (unpaired) electrons. The second-order valence-electron chi connectivity index (χ2n) is 6.62. The quantitative estimate of drug-likeness (QED) is 0.349. The number of quaternary nitrogens is 4. The van der Waals surface area contributed by atoms with E-state index in [1.165, 1.54) is 5.56 Å². The Hall–Kier alpha value is -2.05. The third-order valence-corrected chi connectivity index (χ3v) is 4.73. The largest absolute Gasteiger partial charge is 0.353 e. The van der Waals surface area contributed by atoms with E-state index in [0.717, 1.165) is 67.7 Å². The lowest BCUT2D eigenvalue weighted by Crippen LogP contribution is -2.99. The van der Waals surface area contributed by atoms with E-state index < -0.39 is 0 Å². The lowest BCUT2D eigenvalue weighted by atomic mass is 9.88. The fourth-order valence-electron chi connectivity index (χ4n) is 3.42. The fourth-order valence-corrected chi connectivity index (χ4v) is 3.42. The van der Waals surface area contributed by atoms with Crippen LogP contribution in [0.4, 0.5) is 0 Å². The number of rotatable bonds is 10. The van der Waals surface area contributed by atoms with Gasteiger partial charge in [0.25, 0.3) is 0 Å². The minimum atomic E-state index is 0.187. The summed E-state index contributed by atoms with van der Waals surface area (Å²) >= 11 is 0. The van der Waals surface area contributed by atoms with Crippen LogP contribution < -0.4 is 21.7 Å². The van der Waals surface area contributed by atoms with E-state index in [1.54, 1.807) is 0 Å². The number of hydrogen-bond acceptors (Lipinski definition) is 1. The number of benzene rings is 2. The predicted octanol–water partition coefficient (Wildman–Crippen LogP) is -2.65. The van der Waals surface area contributed by atoms with Crippen molar-refractivity contribution in [2.75, 3.05) is 45.8 Å². The fraction of sp³-hybridized carbons (Fsp3) is 0.350. The highest BCUT2D eigenvalue weighted by Gasteiger charge is 2.22. The van der Waals surface area contributed by atoms with Gasteiger partial charge in [-0.25, -0.2) is 0 Å². The molecule has 1 aliphatic rings. The van der Waals surface area contributed by atoms with Crippen molar-refractivity contribution in [3.8, 4) is 0 Å². The lowest BCUT2D eigenvalue weighted by molar-refractivity contribution is -0.751. The molecule has 5 nitrogen and oxygen atoms in total. The van der Waals surface area contributed by atoms with Crippen LogP contribution >= 0.6 is 0 Å². The van der Waals surface area contributed by atoms with Crippen molar-refractivity contribution in [1.82, 2.24) is 0 Å². The van der Waals surface area contributed by atoms with E-state index >= 15 is 0 Å². The Balaban J connectivity index is 1.50. The first-order valence-electron chi connectivity index (χ1n) is 9.32. The third kappa shape index (κ3) is 4.32. The highest BCUT2D eigenvalue weighted by Crippen LogP contribution is 2.30. The van der Waals surface area contributed by atoms with E-state index in [1.807, 2.05) is 12.1 Å². The average Bonchev–Trinajstić information content (AvgIpc) is 2.64. The van der Waals surface area contributed by atoms with Gasteiger partial charge < -0.3 is 21.7 Å². The van der Waals surface area contributed by atoms with Gasteiger partial charge in [-0.05, 0) is 17.0 Å². The van der Waals surface area contributed by atoms with Crippen LogP contribution in [0.3, 0.4) is 0 Å². The maximum absolute atomic E-state index is 12.8. The third-order valence-electron chi connectivity index (χ3n) is 4.73. The normalized spacial score (nSPS) is 13.3. The number of carbonyl (C=O) groups excluding carboxylic acids is 1. The van der Waals surface area contributed by atoms with Gasteiger partial charge in [0.1, 0.15) is 45.8 Å². The minimum Gasteiger partial charge on any atom is -0.353 e. The zero-order valence-corrected chi connectivity index (χ0v) is 14.8. The lowest BCUT2D eigenvalue weighted by Gasteiger charge is -2.16. The van der Waals surface area contributed by atoms with E-state index in [0.29, 0.717) is 0 Å². The summed E-state index contributed by atoms with van der Waals surface area (Å²) in [6.45, 7) is 7.28. The molecule has 5 heteroatoms. The molecule has 0 fully saturated rings. The van der Waals surface area contributed by atoms with Crippen LogP contribution in [0.25, 0.3) is 16.8 Å². The Kier molecular flexibility index (Phi) is 6.30. The molecule has 0 bridgehead atoms. The summed E-state index contributed by atoms with van der Waals surface area (Å²) in [6.07, 6.45) is 2.08. The van der Waals surface area contributed by atoms with E-state index in [9.17, 15) is 4.79 Å². The van der Waals surface area contributed by atoms with Gasteiger partial charge >= 0.3 is 0 Å². The molecule has 9 N–H and O–H groups in total. The van der Waals surface area contributed by atoms with Gasteiger partial charge in [0.2, 0.25) is 0 Å². The molecule has 0 spiro atoms. The Morgan fingerprint density at radius 1 is 0.840 bits per heavy atom. The zero-order chi connectivity index (χ0) is 17.5. The molecule has 1 aliphatic carbocycles. The van der Waals surface area contributed by atoms with Crippen molar-refractivity contribution in [3.63, 3.8) is 0 Å². The summed E-state index contributed by atoms with van der Waals surface area (Å²) in [5.41, 5.74) is 6.78. The van der Waals surface area contributed by atoms with Crippen LogP contribution in [-0.4, -0.2) is 51.6 Å². The molecule has 0 aromatic heterocycles. The Bertz CT molecular complexity index is 764. The van der Waals surface area contributed by atoms with Crippen molar-refractivity contribution < 1.29 is 26.5 Å². The summed E-state index contributed by atoms with van der Waals surface area (Å²) in [5.74, 6) is 0.187. The summed E-state index contributed by atoms with van der Waals surface area (Å²) in [5, 5.41) is 9.16. The van der Waals surface area contributed by atoms with Crippen LogP contribution in [-0.2, 0) is 0 Å². The molecule has 3 rings (SSSR count). The van der Waals surface area contributed by atoms with Gasteiger partial charge in [-0.3, -0.25) is 4.79 Å². The molecule has 0 aliphatic heterocycles. The maximum atomic E-state index is 12.8. The molecular weight excluding hydrogens is 312 g/mol. The van der Waals surface area contributed by atoms with Crippen molar-refractivity contribution in [2.24, 2.45) is 0 Å². The molecule has 25 heavy (non-hydrogen) atoms. The number of nitrogens with two attached hydrogens (primary N) is 3. The molecule has 0 atom stereocenters. The SMILES string of the molecule is [NH3+]CC[NH2+]CC[NH2+]CC[NH2+]CC1=Cc2cccc3cccc(c23)C1=O. The first kappa shape index (κ1) is 17.8. The van der Waals surface area contributed by atoms with Gasteiger partial charge in [0.15, 0.2) is 5.78 Å². The van der Waals surface area contributed by atoms with E-state index in [2.05, 4.69) is 52.0 Å². The molecule has 0 saturated heterocycles. The Morgan fingerprint density at radius 2 is 1.52 bits per heavy atom. The predicted molar refractivity (Wildman–Crippen MR) is 99.0 cm³/mol. The molecule has 0 saturated carbocycles. The molecule has 2 aromatic rings. The standard InChI is InChI=1S/C20H26N4O/c21-7-8-22-9-10-23-11-12-24-14-17-13-16-5-1-3-15-4-2-6-18(19(15)16)20(17)25/h1-6,13,22-24H,7-12,14,21H2/p+4. The first-order valence-corrected chi connectivity index (χ1v) is 9.32. The highest BCUT2D eigenvalue weighted by atomic mass is 16.1. The van der Waals surface area contributed by atoms with Crippen molar-refractivity contribution in [2.45, 2.75) is 0 Å². The molecule has 0 heterocycles. The van der Waals surface area contributed by atoms with E-state index in [-0.39, 0.29) is 5.78 Å². The van der Waals surface area contributed by atoms with Crippen LogP contribution in [0.1, 0.15) is 15.9 Å². The molecular formula is C20H30N4O+4. The van der Waals surface area contributed by atoms with E-state index in [4.69, 9.17) is 0 Å². The van der Waals surface area contributed by atoms with Gasteiger partial charge in [-0.15, -0.1) is 0 Å². The zero-order valence-electron chi connectivity index (χ0n) is 14.8. The van der Waals surface area contributed by atoms with Gasteiger partial charge in [-0.1, -0.05) is 36.4 Å². The number of hydrogen-bond donors (Lipinski definition) is 4. The summed E-state index contributed by atoms with van der Waals surface area (Å²) < 4.78 is 0. The second-order valence-corrected chi connectivity index (χ2v) is 6.62. The number of ketones is 1. The van der Waals surface area contributed by atoms with Crippen LogP contribution in [0.2, 0.25) is 0 Å². The van der Waals surface area contributed by atoms with Crippen molar-refractivity contribution >= 4 is 22.6 Å². The van der Waals surface area contributed by atoms with Gasteiger partial charge in [-0.2, -0.15) is 0 Å². The minimum absolute atomic E-state index is 0.187. The van der Waals surface area contributed by atoms with Crippen LogP contribution in [0, 0.1) is 0 Å². The summed E-state index contributed by atoms with van der Waals surface area (Å²) in [4.78, 5) is 12.8. The smallest absolute Gasteiger partial charge is 0.195 e. The molecule has 132 valence electrons. The molecule has 0 amide bonds. The van der Waals surface area contributed by atoms with Crippen molar-refractivity contribution in [1.29, 1.82) is 0 Å². The van der Waals surface area contributed by atoms with Crippen LogP contribution in [0.5, 0.6) is 0 Å². The highest BCUT2D eigenvalue weighted by molar-refractivity contribution is 6.22. The monoisotopic (exact) mass is 342 g/mol. The maximum Gasteiger partial charge on any atom is 0.195 e. The molecule has 2 aromatic carbocycles. The average molecular weight is 342 g/mol. The Labute approximate surface area is 148 Å². The van der Waals surface area contributed by atoms with Gasteiger partial charge in [0, 0.05) is 10.9 Å². The first-order chi connectivity index (χ1) is 12.3. The van der Waals surface area contributed by atoms with Crippen molar-refractivity contribution in [3.05, 3.63) is 53.1 Å². The second kappa shape index (κ2) is 8.87. The van der Waals surface area contributed by atoms with Gasteiger partial charge in [0.05, 0.1) is 5.57 Å². The number of carbonyl (C=O) groups is 1.